The van der Waals surface area contributed by atoms with Gasteiger partial charge in [0.25, 0.3) is 0 Å². The predicted molar refractivity (Wildman–Crippen MR) is 39.8 cm³/mol. The first-order valence-electron chi connectivity index (χ1n) is 3.64. The van der Waals surface area contributed by atoms with Crippen molar-refractivity contribution in [2.24, 2.45) is 5.92 Å². The molecule has 0 aromatic carbocycles. The largest absolute Gasteiger partial charge is 0.359 e. The topological polar surface area (TPSA) is 58.2 Å². The van der Waals surface area contributed by atoms with Crippen molar-refractivity contribution in [3.05, 3.63) is 0 Å². The summed E-state index contributed by atoms with van der Waals surface area (Å²) in [5.41, 5.74) is 0. The van der Waals surface area contributed by atoms with Crippen molar-refractivity contribution in [1.29, 1.82) is 0 Å². The molecule has 2 N–H and O–H groups in total. The van der Waals surface area contributed by atoms with Crippen molar-refractivity contribution in [2.45, 2.75) is 19.4 Å². The lowest BCUT2D eigenvalue weighted by atomic mass is 10.4. The Morgan fingerprint density at radius 2 is 2.09 bits per heavy atom. The van der Waals surface area contributed by atoms with E-state index in [1.54, 1.807) is 7.05 Å². The molecule has 0 bridgehead atoms. The summed E-state index contributed by atoms with van der Waals surface area (Å²) in [6, 6.07) is 0.0763. The Labute approximate surface area is 65.3 Å². The van der Waals surface area contributed by atoms with Gasteiger partial charge in [0.05, 0.1) is 5.92 Å². The van der Waals surface area contributed by atoms with Crippen molar-refractivity contribution in [1.82, 2.24) is 10.6 Å². The second-order valence-corrected chi connectivity index (χ2v) is 2.76. The van der Waals surface area contributed by atoms with Gasteiger partial charge in [-0.2, -0.15) is 0 Å². The van der Waals surface area contributed by atoms with Crippen molar-refractivity contribution in [3.8, 4) is 0 Å². The van der Waals surface area contributed by atoms with E-state index in [-0.39, 0.29) is 23.8 Å². The fourth-order valence-corrected chi connectivity index (χ4v) is 1.09. The smallest absolute Gasteiger partial charge is 0.225 e. The Bertz CT molecular complexity index is 191. The first-order chi connectivity index (χ1) is 5.15. The molecule has 4 heteroatoms. The average Bonchev–Trinajstić information content (AvgIpc) is 2.65. The third-order valence-electron chi connectivity index (χ3n) is 1.76. The Kier molecular flexibility index (Phi) is 2.12. The third-order valence-corrected chi connectivity index (χ3v) is 1.76. The van der Waals surface area contributed by atoms with E-state index in [0.29, 0.717) is 0 Å². The Morgan fingerprint density at radius 3 is 2.55 bits per heavy atom. The molecule has 1 aliphatic rings. The molecule has 0 saturated heterocycles. The van der Waals surface area contributed by atoms with Crippen molar-refractivity contribution >= 4 is 11.8 Å². The molecule has 1 rings (SSSR count). The van der Waals surface area contributed by atoms with Gasteiger partial charge in [-0.1, -0.05) is 0 Å². The van der Waals surface area contributed by atoms with E-state index >= 15 is 0 Å². The van der Waals surface area contributed by atoms with Crippen LogP contribution in [0, 0.1) is 5.92 Å². The minimum atomic E-state index is -0.0681. The fraction of sp³-hybridized carbons (Fsp3) is 0.714. The van der Waals surface area contributed by atoms with E-state index in [4.69, 9.17) is 0 Å². The van der Waals surface area contributed by atoms with Crippen LogP contribution in [0.2, 0.25) is 0 Å². The summed E-state index contributed by atoms with van der Waals surface area (Å²) in [4.78, 5) is 21.4. The van der Waals surface area contributed by atoms with Gasteiger partial charge in [0.1, 0.15) is 0 Å². The maximum absolute atomic E-state index is 10.9. The molecular formula is C7H12N2O2. The fourth-order valence-electron chi connectivity index (χ4n) is 1.09. The van der Waals surface area contributed by atoms with Gasteiger partial charge < -0.3 is 10.6 Å². The van der Waals surface area contributed by atoms with E-state index in [0.717, 1.165) is 6.42 Å². The van der Waals surface area contributed by atoms with Crippen LogP contribution >= 0.6 is 0 Å². The zero-order valence-electron chi connectivity index (χ0n) is 6.68. The lowest BCUT2D eigenvalue weighted by Gasteiger charge is -1.98. The number of carbonyl (C=O) groups excluding carboxylic acids is 2. The van der Waals surface area contributed by atoms with Gasteiger partial charge in [-0.25, -0.2) is 0 Å². The summed E-state index contributed by atoms with van der Waals surface area (Å²) >= 11 is 0. The predicted octanol–water partition coefficient (Wildman–Crippen LogP) is -0.743. The zero-order chi connectivity index (χ0) is 8.43. The van der Waals surface area contributed by atoms with Gasteiger partial charge in [0.2, 0.25) is 11.8 Å². The van der Waals surface area contributed by atoms with Crippen LogP contribution in [0.5, 0.6) is 0 Å². The highest BCUT2D eigenvalue weighted by molar-refractivity contribution is 5.83. The first-order valence-corrected chi connectivity index (χ1v) is 3.64. The van der Waals surface area contributed by atoms with E-state index in [1.807, 2.05) is 0 Å². The molecule has 0 radical (unpaired) electrons. The van der Waals surface area contributed by atoms with E-state index in [1.165, 1.54) is 6.92 Å². The average molecular weight is 156 g/mol. The zero-order valence-corrected chi connectivity index (χ0v) is 6.68. The molecule has 11 heavy (non-hydrogen) atoms. The summed E-state index contributed by atoms with van der Waals surface area (Å²) in [5.74, 6) is -0.0472. The van der Waals surface area contributed by atoms with Gasteiger partial charge in [0.15, 0.2) is 0 Å². The molecule has 4 nitrogen and oxygen atoms in total. The summed E-state index contributed by atoms with van der Waals surface area (Å²) < 4.78 is 0. The number of amides is 2. The molecule has 1 saturated carbocycles. The van der Waals surface area contributed by atoms with Crippen LogP contribution in [0.15, 0.2) is 0 Å². The second-order valence-electron chi connectivity index (χ2n) is 2.76. The minimum Gasteiger partial charge on any atom is -0.359 e. The molecule has 62 valence electrons. The maximum Gasteiger partial charge on any atom is 0.225 e. The number of rotatable bonds is 2. The van der Waals surface area contributed by atoms with Crippen LogP contribution in [0.3, 0.4) is 0 Å². The Hall–Kier alpha value is -1.06. The van der Waals surface area contributed by atoms with Crippen LogP contribution < -0.4 is 10.6 Å². The monoisotopic (exact) mass is 156 g/mol. The summed E-state index contributed by atoms with van der Waals surface area (Å²) in [5, 5.41) is 5.22. The molecule has 0 heterocycles. The molecule has 2 atom stereocenters. The van der Waals surface area contributed by atoms with Gasteiger partial charge in [-0.15, -0.1) is 0 Å². The molecule has 0 aromatic heterocycles. The highest BCUT2D eigenvalue weighted by Crippen LogP contribution is 2.29. The molecule has 2 amide bonds. The number of carbonyl (C=O) groups is 2. The van der Waals surface area contributed by atoms with Gasteiger partial charge in [0, 0.05) is 20.0 Å². The summed E-state index contributed by atoms with van der Waals surface area (Å²) in [6.45, 7) is 1.46. The summed E-state index contributed by atoms with van der Waals surface area (Å²) in [7, 11) is 1.60. The quantitative estimate of drug-likeness (QED) is 0.553. The molecular weight excluding hydrogens is 144 g/mol. The third kappa shape index (κ3) is 1.93. The lowest BCUT2D eigenvalue weighted by molar-refractivity contribution is -0.122. The van der Waals surface area contributed by atoms with Gasteiger partial charge >= 0.3 is 0 Å². The number of nitrogens with one attached hydrogen (secondary N) is 2. The van der Waals surface area contributed by atoms with Crippen molar-refractivity contribution < 1.29 is 9.59 Å². The van der Waals surface area contributed by atoms with Crippen LogP contribution in [0.1, 0.15) is 13.3 Å². The van der Waals surface area contributed by atoms with E-state index < -0.39 is 0 Å². The lowest BCUT2D eigenvalue weighted by Crippen LogP contribution is -2.29. The van der Waals surface area contributed by atoms with Crippen LogP contribution in [-0.2, 0) is 9.59 Å². The van der Waals surface area contributed by atoms with Crippen molar-refractivity contribution in [3.63, 3.8) is 0 Å². The van der Waals surface area contributed by atoms with Gasteiger partial charge in [-0.05, 0) is 6.42 Å². The minimum absolute atomic E-state index is 0.00361. The molecule has 0 unspecified atom stereocenters. The van der Waals surface area contributed by atoms with Crippen LogP contribution in [-0.4, -0.2) is 24.9 Å². The number of hydrogen-bond acceptors (Lipinski definition) is 2. The van der Waals surface area contributed by atoms with E-state index in [9.17, 15) is 9.59 Å². The maximum atomic E-state index is 10.9. The molecule has 0 spiro atoms. The Balaban J connectivity index is 2.26. The SMILES string of the molecule is CNC(=O)[C@H]1C[C@H]1NC(C)=O. The highest BCUT2D eigenvalue weighted by atomic mass is 16.2. The highest BCUT2D eigenvalue weighted by Gasteiger charge is 2.42. The molecule has 0 aromatic rings. The second kappa shape index (κ2) is 2.90. The van der Waals surface area contributed by atoms with Gasteiger partial charge in [-0.3, -0.25) is 9.59 Å². The standard InChI is InChI=1S/C7H12N2O2/c1-4(10)9-6-3-5(6)7(11)8-2/h5-6H,3H2,1-2H3,(H,8,11)(H,9,10)/t5-,6+/m0/s1. The number of hydrogen-bond donors (Lipinski definition) is 2. The summed E-state index contributed by atoms with van der Waals surface area (Å²) in [6.07, 6.45) is 0.777. The molecule has 1 fully saturated rings. The molecule has 1 aliphatic carbocycles. The van der Waals surface area contributed by atoms with Crippen LogP contribution in [0.25, 0.3) is 0 Å². The van der Waals surface area contributed by atoms with Crippen molar-refractivity contribution in [2.75, 3.05) is 7.05 Å². The molecule has 0 aliphatic heterocycles. The van der Waals surface area contributed by atoms with Crippen LogP contribution in [0.4, 0.5) is 0 Å². The van der Waals surface area contributed by atoms with E-state index in [2.05, 4.69) is 10.6 Å². The Morgan fingerprint density at radius 1 is 1.45 bits per heavy atom. The first kappa shape index (κ1) is 8.04. The normalized spacial score (nSPS) is 27.5.